The van der Waals surface area contributed by atoms with E-state index in [1.807, 2.05) is 62.3 Å². The lowest BCUT2D eigenvalue weighted by Crippen LogP contribution is -2.30. The summed E-state index contributed by atoms with van der Waals surface area (Å²) in [6, 6.07) is 3.07. The molecule has 0 bridgehead atoms. The summed E-state index contributed by atoms with van der Waals surface area (Å²) in [6.45, 7) is 21.1. The first-order valence-electron chi connectivity index (χ1n) is 21.8. The molecule has 0 aliphatic carbocycles. The molecule has 4 aliphatic rings. The fraction of sp³-hybridized carbons (Fsp3) is 0.767. The number of nitrogens with zero attached hydrogens (tertiary/aromatic N) is 4. The van der Waals surface area contributed by atoms with E-state index in [0.29, 0.717) is 11.7 Å². The number of esters is 1. The van der Waals surface area contributed by atoms with E-state index in [1.165, 1.54) is 69.8 Å². The number of rotatable bonds is 10. The Bertz CT molecular complexity index is 1850. The zero-order valence-electron chi connectivity index (χ0n) is 37.8. The molecule has 0 saturated carbocycles. The molecule has 16 atom stereocenters. The number of carbonyl (C=O) groups is 2. The minimum atomic E-state index is -1.07. The molecule has 0 aromatic carbocycles. The molecule has 2 aromatic rings. The smallest absolute Gasteiger partial charge is 0.350 e. The molecular weight excluding hydrogens is 885 g/mol. The van der Waals surface area contributed by atoms with Crippen LogP contribution >= 0.6 is 47.0 Å². The number of nitrogens with two attached hydrogens (primary N) is 1. The van der Waals surface area contributed by atoms with Crippen LogP contribution in [0.1, 0.15) is 125 Å². The number of hydrogen-bond donors (Lipinski definition) is 2. The number of nitrogen functional groups attached to an aromatic ring is 1. The summed E-state index contributed by atoms with van der Waals surface area (Å²) in [4.78, 5) is 53.4. The van der Waals surface area contributed by atoms with Crippen molar-refractivity contribution in [3.8, 4) is 0 Å². The van der Waals surface area contributed by atoms with Crippen LogP contribution < -0.4 is 22.4 Å². The second-order valence-electron chi connectivity index (χ2n) is 16.4. The SMILES string of the molecule is CCCC(=O)Nc1ccn([C@@H]2S[C@H](CC)[C@@H](C)[C@@H]2F)c(=O)n1.CC[C@H]1SC(C)[C@@H](F)[C@@H]1C.CC[C@H]1SC(OC(C)=O)[C@@H](F)[C@@H]1C.CC[C@H]1S[C@@H](n2ccc(N)nc2=O)[C@@H](F)[C@@H]1C. The number of hydrogen-bond acceptors (Lipinski definition) is 12. The standard InChI is InChI=1S/C15H22FN3O2S.C11H16FN3OS.C9H15FO2S.C8H15FS/c1-4-6-12(20)17-11-7-8-19(15(21)18-11)14-13(16)9(3)10(5-2)22-14;1-3-7-6(2)9(12)10(17-7)15-5-4-8(13)14-11(15)16;1-4-7-5(2)8(10)9(13-7)12-6(3)11;1-4-7-5(2)8(9)6(3)10-7/h7-10,13-14H,4-6H2,1-3H3,(H,17,18,20,21);4-7,9-10H,3H2,1-2H3,(H2,13,14,16);5,7-9H,4H2,1-3H3;5-8H,4H2,1-3H3/t9-,10-,13+,14-;6-,7-,9+,10-;5-,7-,8+,9?;5-,6?,7-,8+/m1111/s1. The van der Waals surface area contributed by atoms with E-state index in [9.17, 15) is 36.7 Å². The maximum atomic E-state index is 14.4. The van der Waals surface area contributed by atoms with Crippen molar-refractivity contribution in [3.05, 3.63) is 45.5 Å². The molecule has 1 amide bonds. The van der Waals surface area contributed by atoms with Crippen molar-refractivity contribution < 1.29 is 31.9 Å². The van der Waals surface area contributed by atoms with Crippen LogP contribution in [0.15, 0.2) is 34.1 Å². The van der Waals surface area contributed by atoms with Crippen molar-refractivity contribution in [2.24, 2.45) is 23.7 Å². The highest BCUT2D eigenvalue weighted by Crippen LogP contribution is 2.49. The molecule has 4 aliphatic heterocycles. The molecule has 6 heterocycles. The van der Waals surface area contributed by atoms with E-state index in [4.69, 9.17) is 10.5 Å². The molecule has 19 heteroatoms. The van der Waals surface area contributed by atoms with Gasteiger partial charge in [-0.25, -0.2) is 27.2 Å². The van der Waals surface area contributed by atoms with Gasteiger partial charge in [-0.05, 0) is 44.2 Å². The van der Waals surface area contributed by atoms with Gasteiger partial charge in [-0.2, -0.15) is 21.7 Å². The third kappa shape index (κ3) is 14.1. The predicted molar refractivity (Wildman–Crippen MR) is 251 cm³/mol. The van der Waals surface area contributed by atoms with Gasteiger partial charge in [-0.1, -0.05) is 69.2 Å². The summed E-state index contributed by atoms with van der Waals surface area (Å²) < 4.78 is 62.7. The zero-order chi connectivity index (χ0) is 46.6. The third-order valence-electron chi connectivity index (χ3n) is 11.8. The quantitative estimate of drug-likeness (QED) is 0.172. The van der Waals surface area contributed by atoms with Crippen molar-refractivity contribution in [3.63, 3.8) is 0 Å². The molecular formula is C43H68F4N6O5S4. The van der Waals surface area contributed by atoms with Crippen molar-refractivity contribution in [2.45, 2.75) is 182 Å². The summed E-state index contributed by atoms with van der Waals surface area (Å²) in [5.74, 6) is -0.0582. The Morgan fingerprint density at radius 1 is 0.677 bits per heavy atom. The topological polar surface area (TPSA) is 151 Å². The fourth-order valence-corrected chi connectivity index (χ4v) is 14.3. The van der Waals surface area contributed by atoms with E-state index in [0.717, 1.165) is 32.1 Å². The number of nitrogens with one attached hydrogen (secondary N) is 1. The Kier molecular flexibility index (Phi) is 22.1. The largest absolute Gasteiger partial charge is 0.448 e. The second kappa shape index (κ2) is 25.4. The number of anilines is 2. The first kappa shape index (κ1) is 54.0. The highest BCUT2D eigenvalue weighted by atomic mass is 32.2. The summed E-state index contributed by atoms with van der Waals surface area (Å²) in [6.07, 6.45) is 4.27. The van der Waals surface area contributed by atoms with Gasteiger partial charge in [0.25, 0.3) is 0 Å². The van der Waals surface area contributed by atoms with Crippen molar-refractivity contribution >= 4 is 70.6 Å². The molecule has 62 heavy (non-hydrogen) atoms. The first-order valence-corrected chi connectivity index (χ1v) is 25.6. The van der Waals surface area contributed by atoms with Crippen LogP contribution in [0.4, 0.5) is 29.2 Å². The van der Waals surface area contributed by atoms with Gasteiger partial charge in [0.2, 0.25) is 5.91 Å². The van der Waals surface area contributed by atoms with Crippen molar-refractivity contribution in [1.82, 2.24) is 19.1 Å². The van der Waals surface area contributed by atoms with E-state index in [1.54, 1.807) is 17.8 Å². The monoisotopic (exact) mass is 952 g/mol. The van der Waals surface area contributed by atoms with Gasteiger partial charge in [0.05, 0.1) is 0 Å². The van der Waals surface area contributed by atoms with Gasteiger partial charge in [0.1, 0.15) is 40.9 Å². The highest BCUT2D eigenvalue weighted by Gasteiger charge is 2.44. The summed E-state index contributed by atoms with van der Waals surface area (Å²) in [5.41, 5.74) is 3.82. The summed E-state index contributed by atoms with van der Waals surface area (Å²) in [7, 11) is 0. The Morgan fingerprint density at radius 3 is 1.48 bits per heavy atom. The maximum absolute atomic E-state index is 14.4. The normalized spacial score (nSPS) is 34.8. The average Bonchev–Trinajstić information content (AvgIpc) is 3.87. The maximum Gasteiger partial charge on any atom is 0.350 e. The van der Waals surface area contributed by atoms with Crippen LogP contribution in [-0.2, 0) is 14.3 Å². The van der Waals surface area contributed by atoms with E-state index in [2.05, 4.69) is 22.2 Å². The fourth-order valence-electron chi connectivity index (χ4n) is 7.91. The number of thioether (sulfide) groups is 4. The molecule has 4 saturated heterocycles. The van der Waals surface area contributed by atoms with Gasteiger partial charge in [-0.15, -0.1) is 35.3 Å². The van der Waals surface area contributed by atoms with E-state index >= 15 is 0 Å². The van der Waals surface area contributed by atoms with Crippen LogP contribution in [0.25, 0.3) is 0 Å². The lowest BCUT2D eigenvalue weighted by molar-refractivity contribution is -0.144. The van der Waals surface area contributed by atoms with Crippen LogP contribution in [0.3, 0.4) is 0 Å². The molecule has 4 fully saturated rings. The molecule has 2 aromatic heterocycles. The minimum absolute atomic E-state index is 0.0145. The Labute approximate surface area is 381 Å². The Hall–Kier alpha value is -2.38. The zero-order valence-corrected chi connectivity index (χ0v) is 41.1. The van der Waals surface area contributed by atoms with Crippen LogP contribution in [0, 0.1) is 23.7 Å². The average molecular weight is 953 g/mol. The molecule has 6 rings (SSSR count). The van der Waals surface area contributed by atoms with Gasteiger partial charge < -0.3 is 15.8 Å². The van der Waals surface area contributed by atoms with Gasteiger partial charge >= 0.3 is 17.3 Å². The lowest BCUT2D eigenvalue weighted by Gasteiger charge is -2.16. The first-order chi connectivity index (χ1) is 29.2. The lowest BCUT2D eigenvalue weighted by atomic mass is 9.99. The molecule has 2 unspecified atom stereocenters. The number of alkyl halides is 4. The van der Waals surface area contributed by atoms with Gasteiger partial charge in [0.15, 0.2) is 11.6 Å². The predicted octanol–water partition coefficient (Wildman–Crippen LogP) is 10.1. The van der Waals surface area contributed by atoms with Gasteiger partial charge in [0, 0.05) is 75.7 Å². The van der Waals surface area contributed by atoms with E-state index < -0.39 is 58.2 Å². The molecule has 352 valence electrons. The third-order valence-corrected chi connectivity index (χ3v) is 19.1. The van der Waals surface area contributed by atoms with E-state index in [-0.39, 0.29) is 62.2 Å². The number of aromatic nitrogens is 4. The van der Waals surface area contributed by atoms with Crippen molar-refractivity contribution in [1.29, 1.82) is 0 Å². The second-order valence-corrected chi connectivity index (χ2v) is 22.0. The van der Waals surface area contributed by atoms with Crippen LogP contribution in [0.5, 0.6) is 0 Å². The molecule has 0 spiro atoms. The molecule has 11 nitrogen and oxygen atoms in total. The summed E-state index contributed by atoms with van der Waals surface area (Å²) >= 11 is 6.23. The van der Waals surface area contributed by atoms with Crippen molar-refractivity contribution in [2.75, 3.05) is 11.1 Å². The Balaban J connectivity index is 0.000000229. The Morgan fingerprint density at radius 2 is 1.11 bits per heavy atom. The number of ether oxygens (including phenoxy) is 1. The van der Waals surface area contributed by atoms with Gasteiger partial charge in [-0.3, -0.25) is 18.7 Å². The number of carbonyl (C=O) groups excluding carboxylic acids is 2. The molecule has 0 radical (unpaired) electrons. The molecule has 3 N–H and O–H groups in total. The summed E-state index contributed by atoms with van der Waals surface area (Å²) in [5, 5.41) is 3.07. The van der Waals surface area contributed by atoms with Crippen LogP contribution in [0.2, 0.25) is 0 Å². The minimum Gasteiger partial charge on any atom is -0.448 e. The number of amides is 1. The number of halogens is 4. The van der Waals surface area contributed by atoms with Crippen LogP contribution in [-0.4, -0.2) is 87.4 Å². The highest BCUT2D eigenvalue weighted by molar-refractivity contribution is 8.01.